The maximum atomic E-state index is 12.6. The Labute approximate surface area is 112 Å². The molecule has 1 fully saturated rings. The third kappa shape index (κ3) is 2.08. The lowest BCUT2D eigenvalue weighted by Gasteiger charge is -2.31. The Balaban J connectivity index is 1.71. The van der Waals surface area contributed by atoms with E-state index in [0.717, 1.165) is 38.8 Å². The predicted octanol–water partition coefficient (Wildman–Crippen LogP) is 2.01. The highest BCUT2D eigenvalue weighted by atomic mass is 32.1. The monoisotopic (exact) mass is 264 g/mol. The highest BCUT2D eigenvalue weighted by Crippen LogP contribution is 2.34. The molecule has 2 N–H and O–H groups in total. The van der Waals surface area contributed by atoms with Crippen LogP contribution in [0.15, 0.2) is 11.4 Å². The minimum atomic E-state index is 0.190. The first kappa shape index (κ1) is 12.2. The lowest BCUT2D eigenvalue weighted by Crippen LogP contribution is -2.41. The molecule has 2 unspecified atom stereocenters. The van der Waals surface area contributed by atoms with Crippen molar-refractivity contribution in [3.8, 4) is 0 Å². The predicted molar refractivity (Wildman–Crippen MR) is 73.3 cm³/mol. The molecule has 2 atom stereocenters. The number of carbonyl (C=O) groups is 1. The average Bonchev–Trinajstić information content (AvgIpc) is 3.05. The molecule has 0 aromatic carbocycles. The first-order valence-electron chi connectivity index (χ1n) is 6.83. The maximum absolute atomic E-state index is 12.6. The summed E-state index contributed by atoms with van der Waals surface area (Å²) in [5.41, 5.74) is 7.13. The quantitative estimate of drug-likeness (QED) is 0.888. The largest absolute Gasteiger partial charge is 0.338 e. The number of thiophene rings is 1. The van der Waals surface area contributed by atoms with Crippen molar-refractivity contribution in [3.63, 3.8) is 0 Å². The van der Waals surface area contributed by atoms with Gasteiger partial charge in [-0.25, -0.2) is 0 Å². The van der Waals surface area contributed by atoms with Crippen molar-refractivity contribution in [1.82, 2.24) is 4.90 Å². The summed E-state index contributed by atoms with van der Waals surface area (Å²) in [5.74, 6) is 0.955. The standard InChI is InChI=1S/C14H20N2OS/c15-8-10-2-1-3-12(10)14(17)16-6-4-13-11(9-16)5-7-18-13/h5,7,10,12H,1-4,6,8-9,15H2. The van der Waals surface area contributed by atoms with Gasteiger partial charge in [-0.05, 0) is 48.7 Å². The number of fused-ring (bicyclic) bond motifs is 1. The second-order valence-electron chi connectivity index (χ2n) is 5.41. The first-order valence-corrected chi connectivity index (χ1v) is 7.71. The van der Waals surface area contributed by atoms with Crippen molar-refractivity contribution < 1.29 is 4.79 Å². The number of amides is 1. The smallest absolute Gasteiger partial charge is 0.226 e. The molecular formula is C14H20N2OS. The van der Waals surface area contributed by atoms with Gasteiger partial charge in [0.25, 0.3) is 0 Å². The van der Waals surface area contributed by atoms with Gasteiger partial charge in [-0.15, -0.1) is 11.3 Å². The molecule has 3 rings (SSSR count). The molecule has 0 spiro atoms. The Morgan fingerprint density at radius 3 is 3.22 bits per heavy atom. The lowest BCUT2D eigenvalue weighted by molar-refractivity contribution is -0.137. The molecule has 1 aromatic heterocycles. The zero-order chi connectivity index (χ0) is 12.5. The third-order valence-electron chi connectivity index (χ3n) is 4.40. The van der Waals surface area contributed by atoms with Gasteiger partial charge in [0, 0.05) is 23.9 Å². The van der Waals surface area contributed by atoms with Crippen LogP contribution in [-0.4, -0.2) is 23.9 Å². The van der Waals surface area contributed by atoms with Crippen LogP contribution in [0.3, 0.4) is 0 Å². The topological polar surface area (TPSA) is 46.3 Å². The number of hydrogen-bond acceptors (Lipinski definition) is 3. The first-order chi connectivity index (χ1) is 8.79. The Kier molecular flexibility index (Phi) is 3.39. The molecule has 2 aliphatic rings. The highest BCUT2D eigenvalue weighted by Gasteiger charge is 2.35. The van der Waals surface area contributed by atoms with Crippen LogP contribution >= 0.6 is 11.3 Å². The summed E-state index contributed by atoms with van der Waals surface area (Å²) in [6.45, 7) is 2.36. The van der Waals surface area contributed by atoms with E-state index in [1.807, 2.05) is 16.2 Å². The van der Waals surface area contributed by atoms with Gasteiger partial charge in [0.05, 0.1) is 0 Å². The molecule has 1 aliphatic heterocycles. The number of hydrogen-bond donors (Lipinski definition) is 1. The van der Waals surface area contributed by atoms with Crippen LogP contribution in [0.4, 0.5) is 0 Å². The van der Waals surface area contributed by atoms with Gasteiger partial charge >= 0.3 is 0 Å². The van der Waals surface area contributed by atoms with Crippen molar-refractivity contribution in [2.45, 2.75) is 32.2 Å². The average molecular weight is 264 g/mol. The number of nitrogens with zero attached hydrogens (tertiary/aromatic N) is 1. The van der Waals surface area contributed by atoms with Crippen LogP contribution < -0.4 is 5.73 Å². The molecule has 0 saturated heterocycles. The SMILES string of the molecule is NCC1CCCC1C(=O)N1CCc2sccc2C1. The van der Waals surface area contributed by atoms with Crippen LogP contribution in [0.1, 0.15) is 29.7 Å². The zero-order valence-corrected chi connectivity index (χ0v) is 11.4. The molecular weight excluding hydrogens is 244 g/mol. The molecule has 1 saturated carbocycles. The second kappa shape index (κ2) is 5.02. The molecule has 2 heterocycles. The number of rotatable bonds is 2. The number of carbonyl (C=O) groups excluding carboxylic acids is 1. The summed E-state index contributed by atoms with van der Waals surface area (Å²) in [6, 6.07) is 2.16. The minimum Gasteiger partial charge on any atom is -0.338 e. The maximum Gasteiger partial charge on any atom is 0.226 e. The van der Waals surface area contributed by atoms with Gasteiger partial charge in [-0.2, -0.15) is 0 Å². The van der Waals surface area contributed by atoms with E-state index in [2.05, 4.69) is 11.4 Å². The van der Waals surface area contributed by atoms with E-state index in [-0.39, 0.29) is 5.92 Å². The summed E-state index contributed by atoms with van der Waals surface area (Å²) in [4.78, 5) is 16.1. The van der Waals surface area contributed by atoms with Gasteiger partial charge in [0.1, 0.15) is 0 Å². The van der Waals surface area contributed by atoms with Gasteiger partial charge < -0.3 is 10.6 Å². The van der Waals surface area contributed by atoms with Crippen LogP contribution in [0, 0.1) is 11.8 Å². The summed E-state index contributed by atoms with van der Waals surface area (Å²) in [7, 11) is 0. The Hall–Kier alpha value is -0.870. The fourth-order valence-electron chi connectivity index (χ4n) is 3.32. The van der Waals surface area contributed by atoms with E-state index in [0.29, 0.717) is 18.4 Å². The van der Waals surface area contributed by atoms with E-state index >= 15 is 0 Å². The number of nitrogens with two attached hydrogens (primary N) is 1. The van der Waals surface area contributed by atoms with Crippen molar-refractivity contribution in [2.24, 2.45) is 17.6 Å². The van der Waals surface area contributed by atoms with Crippen molar-refractivity contribution >= 4 is 17.2 Å². The van der Waals surface area contributed by atoms with E-state index in [9.17, 15) is 4.79 Å². The van der Waals surface area contributed by atoms with Gasteiger partial charge in [0.2, 0.25) is 5.91 Å². The van der Waals surface area contributed by atoms with Gasteiger partial charge in [-0.3, -0.25) is 4.79 Å². The van der Waals surface area contributed by atoms with E-state index in [1.165, 1.54) is 10.4 Å². The van der Waals surface area contributed by atoms with E-state index in [1.54, 1.807) is 0 Å². The van der Waals surface area contributed by atoms with Crippen LogP contribution in [0.2, 0.25) is 0 Å². The van der Waals surface area contributed by atoms with Crippen molar-refractivity contribution in [1.29, 1.82) is 0 Å². The summed E-state index contributed by atoms with van der Waals surface area (Å²) in [5, 5.41) is 2.14. The minimum absolute atomic E-state index is 0.190. The fraction of sp³-hybridized carbons (Fsp3) is 0.643. The summed E-state index contributed by atoms with van der Waals surface area (Å²) in [6.07, 6.45) is 4.35. The molecule has 0 bridgehead atoms. The molecule has 1 amide bonds. The van der Waals surface area contributed by atoms with Gasteiger partial charge in [-0.1, -0.05) is 6.42 Å². The fourth-order valence-corrected chi connectivity index (χ4v) is 4.20. The van der Waals surface area contributed by atoms with E-state index < -0.39 is 0 Å². The van der Waals surface area contributed by atoms with Crippen molar-refractivity contribution in [3.05, 3.63) is 21.9 Å². The lowest BCUT2D eigenvalue weighted by atomic mass is 9.94. The third-order valence-corrected chi connectivity index (χ3v) is 5.42. The molecule has 1 aromatic rings. The van der Waals surface area contributed by atoms with Crippen LogP contribution in [0.5, 0.6) is 0 Å². The normalized spacial score (nSPS) is 27.3. The molecule has 0 radical (unpaired) electrons. The molecule has 4 heteroatoms. The zero-order valence-electron chi connectivity index (χ0n) is 10.6. The second-order valence-corrected chi connectivity index (χ2v) is 6.41. The Morgan fingerprint density at radius 1 is 1.50 bits per heavy atom. The summed E-state index contributed by atoms with van der Waals surface area (Å²) < 4.78 is 0. The van der Waals surface area contributed by atoms with Crippen LogP contribution in [0.25, 0.3) is 0 Å². The molecule has 98 valence electrons. The Morgan fingerprint density at radius 2 is 2.39 bits per heavy atom. The Bertz CT molecular complexity index is 443. The van der Waals surface area contributed by atoms with E-state index in [4.69, 9.17) is 5.73 Å². The highest BCUT2D eigenvalue weighted by molar-refractivity contribution is 7.10. The summed E-state index contributed by atoms with van der Waals surface area (Å²) >= 11 is 1.82. The molecule has 18 heavy (non-hydrogen) atoms. The molecule has 3 nitrogen and oxygen atoms in total. The van der Waals surface area contributed by atoms with Crippen molar-refractivity contribution in [2.75, 3.05) is 13.1 Å². The molecule has 1 aliphatic carbocycles. The van der Waals surface area contributed by atoms with Gasteiger partial charge in [0.15, 0.2) is 0 Å². The van der Waals surface area contributed by atoms with Crippen LogP contribution in [-0.2, 0) is 17.8 Å².